The van der Waals surface area contributed by atoms with E-state index in [-0.39, 0.29) is 11.8 Å². The summed E-state index contributed by atoms with van der Waals surface area (Å²) in [5, 5.41) is 2.88. The summed E-state index contributed by atoms with van der Waals surface area (Å²) in [7, 11) is 0. The number of aromatic nitrogens is 2. The van der Waals surface area contributed by atoms with Gasteiger partial charge in [-0.15, -0.1) is 0 Å². The predicted octanol–water partition coefficient (Wildman–Crippen LogP) is 1.64. The summed E-state index contributed by atoms with van der Waals surface area (Å²) < 4.78 is 0. The van der Waals surface area contributed by atoms with E-state index in [9.17, 15) is 9.59 Å². The highest BCUT2D eigenvalue weighted by molar-refractivity contribution is 5.95. The van der Waals surface area contributed by atoms with Crippen LogP contribution >= 0.6 is 0 Å². The summed E-state index contributed by atoms with van der Waals surface area (Å²) >= 11 is 0. The van der Waals surface area contributed by atoms with Crippen molar-refractivity contribution in [3.63, 3.8) is 0 Å². The lowest BCUT2D eigenvalue weighted by molar-refractivity contribution is -0.138. The Hall–Kier alpha value is -2.54. The van der Waals surface area contributed by atoms with Crippen LogP contribution in [0.4, 0.5) is 0 Å². The van der Waals surface area contributed by atoms with Crippen LogP contribution < -0.4 is 11.1 Å². The van der Waals surface area contributed by atoms with E-state index in [2.05, 4.69) is 22.2 Å². The van der Waals surface area contributed by atoms with Crippen LogP contribution in [0.5, 0.6) is 0 Å². The maximum atomic E-state index is 12.4. The molecule has 1 aromatic carbocycles. The van der Waals surface area contributed by atoms with Crippen LogP contribution in [0.15, 0.2) is 24.3 Å². The lowest BCUT2D eigenvalue weighted by Crippen LogP contribution is -2.54. The second-order valence-corrected chi connectivity index (χ2v) is 7.35. The molecule has 7 nitrogen and oxygen atoms in total. The minimum Gasteiger partial charge on any atom is -0.351 e. The van der Waals surface area contributed by atoms with E-state index in [1.807, 2.05) is 29.2 Å². The van der Waals surface area contributed by atoms with Gasteiger partial charge in [0, 0.05) is 19.6 Å². The van der Waals surface area contributed by atoms with Gasteiger partial charge in [-0.3, -0.25) is 9.59 Å². The number of nitrogens with one attached hydrogen (secondary N) is 1. The smallest absolute Gasteiger partial charge is 0.271 e. The summed E-state index contributed by atoms with van der Waals surface area (Å²) in [4.78, 5) is 35.1. The highest BCUT2D eigenvalue weighted by atomic mass is 16.2. The Kier molecular flexibility index (Phi) is 6.01. The Morgan fingerprint density at radius 3 is 2.56 bits per heavy atom. The average Bonchev–Trinajstić information content (AvgIpc) is 2.63. The van der Waals surface area contributed by atoms with Gasteiger partial charge < -0.3 is 16.0 Å². The highest BCUT2D eigenvalue weighted by Crippen LogP contribution is 2.16. The van der Waals surface area contributed by atoms with Crippen molar-refractivity contribution in [2.24, 2.45) is 11.7 Å². The first-order valence-corrected chi connectivity index (χ1v) is 9.51. The molecule has 1 aliphatic heterocycles. The Morgan fingerprint density at radius 1 is 1.22 bits per heavy atom. The second-order valence-electron chi connectivity index (χ2n) is 7.35. The van der Waals surface area contributed by atoms with E-state index >= 15 is 0 Å². The molecular weight excluding hydrogens is 342 g/mol. The van der Waals surface area contributed by atoms with Crippen LogP contribution in [0.3, 0.4) is 0 Å². The van der Waals surface area contributed by atoms with Crippen LogP contribution in [-0.4, -0.2) is 52.4 Å². The van der Waals surface area contributed by atoms with E-state index in [1.54, 1.807) is 6.92 Å². The molecule has 1 aliphatic rings. The summed E-state index contributed by atoms with van der Waals surface area (Å²) in [5.41, 5.74) is 8.44. The Balaban J connectivity index is 1.42. The van der Waals surface area contributed by atoms with Crippen LogP contribution in [-0.2, 0) is 4.79 Å². The molecule has 3 rings (SSSR count). The van der Waals surface area contributed by atoms with Crippen LogP contribution in [0.1, 0.15) is 42.4 Å². The maximum absolute atomic E-state index is 12.4. The summed E-state index contributed by atoms with van der Waals surface area (Å²) in [6, 6.07) is 7.05. The number of hydrogen-bond acceptors (Lipinski definition) is 5. The largest absolute Gasteiger partial charge is 0.351 e. The summed E-state index contributed by atoms with van der Waals surface area (Å²) in [5.74, 6) is 0.401. The normalized spacial score (nSPS) is 15.4. The molecule has 0 saturated carbocycles. The molecule has 1 saturated heterocycles. The minimum absolute atomic E-state index is 0.0409. The van der Waals surface area contributed by atoms with Gasteiger partial charge in [0.05, 0.1) is 22.8 Å². The molecule has 2 amide bonds. The molecule has 0 radical (unpaired) electrons. The summed E-state index contributed by atoms with van der Waals surface area (Å²) in [6.45, 7) is 6.06. The zero-order valence-corrected chi connectivity index (χ0v) is 15.9. The van der Waals surface area contributed by atoms with Crippen molar-refractivity contribution in [1.29, 1.82) is 0 Å². The average molecular weight is 369 g/mol. The van der Waals surface area contributed by atoms with Gasteiger partial charge in [-0.05, 0) is 44.2 Å². The number of carbonyl (C=O) groups is 2. The van der Waals surface area contributed by atoms with Crippen molar-refractivity contribution in [1.82, 2.24) is 20.2 Å². The van der Waals surface area contributed by atoms with Crippen molar-refractivity contribution >= 4 is 22.8 Å². The molecule has 3 N–H and O–H groups in total. The molecule has 27 heavy (non-hydrogen) atoms. The number of nitrogens with zero attached hydrogens (tertiary/aromatic N) is 3. The Morgan fingerprint density at radius 2 is 1.89 bits per heavy atom. The topological polar surface area (TPSA) is 101 Å². The molecule has 144 valence electrons. The fourth-order valence-corrected chi connectivity index (χ4v) is 3.32. The zero-order chi connectivity index (χ0) is 19.4. The third kappa shape index (κ3) is 4.60. The SMILES string of the molecule is Cc1nc2ccccc2nc1C(=O)NCCCC[C@H](N)C(=O)N1CC(C)C1. The second kappa shape index (κ2) is 8.43. The Labute approximate surface area is 159 Å². The number of amides is 2. The number of para-hydroxylation sites is 2. The van der Waals surface area contributed by atoms with Gasteiger partial charge in [-0.25, -0.2) is 9.97 Å². The lowest BCUT2D eigenvalue weighted by atomic mass is 10.00. The van der Waals surface area contributed by atoms with Gasteiger partial charge in [0.25, 0.3) is 5.91 Å². The summed E-state index contributed by atoms with van der Waals surface area (Å²) in [6.07, 6.45) is 2.19. The number of nitrogens with two attached hydrogens (primary N) is 1. The zero-order valence-electron chi connectivity index (χ0n) is 15.9. The minimum atomic E-state index is -0.443. The molecule has 2 aromatic rings. The van der Waals surface area contributed by atoms with Gasteiger partial charge in [0.2, 0.25) is 5.91 Å². The van der Waals surface area contributed by atoms with Gasteiger partial charge in [-0.1, -0.05) is 19.1 Å². The molecule has 0 unspecified atom stereocenters. The fraction of sp³-hybridized carbons (Fsp3) is 0.500. The van der Waals surface area contributed by atoms with Gasteiger partial charge in [0.1, 0.15) is 5.69 Å². The molecule has 2 heterocycles. The van der Waals surface area contributed by atoms with E-state index < -0.39 is 6.04 Å². The van der Waals surface area contributed by atoms with Crippen LogP contribution in [0.2, 0.25) is 0 Å². The first kappa shape index (κ1) is 19.2. The van der Waals surface area contributed by atoms with E-state index in [0.29, 0.717) is 35.8 Å². The first-order valence-electron chi connectivity index (χ1n) is 9.51. The van der Waals surface area contributed by atoms with Crippen LogP contribution in [0, 0.1) is 12.8 Å². The first-order chi connectivity index (χ1) is 13.0. The number of aryl methyl sites for hydroxylation is 1. The number of fused-ring (bicyclic) bond motifs is 1. The van der Waals surface area contributed by atoms with Crippen LogP contribution in [0.25, 0.3) is 11.0 Å². The molecule has 1 atom stereocenters. The third-order valence-corrected chi connectivity index (χ3v) is 4.88. The quantitative estimate of drug-likeness (QED) is 0.723. The molecule has 1 fully saturated rings. The van der Waals surface area contributed by atoms with Crippen molar-refractivity contribution in [3.05, 3.63) is 35.7 Å². The van der Waals surface area contributed by atoms with E-state index in [0.717, 1.165) is 31.4 Å². The lowest BCUT2D eigenvalue weighted by Gasteiger charge is -2.38. The molecule has 7 heteroatoms. The number of unbranched alkanes of at least 4 members (excludes halogenated alkanes) is 1. The van der Waals surface area contributed by atoms with Gasteiger partial charge >= 0.3 is 0 Å². The number of carbonyl (C=O) groups excluding carboxylic acids is 2. The number of rotatable bonds is 7. The molecular formula is C20H27N5O2. The maximum Gasteiger partial charge on any atom is 0.271 e. The number of likely N-dealkylation sites (tertiary alicyclic amines) is 1. The highest BCUT2D eigenvalue weighted by Gasteiger charge is 2.29. The van der Waals surface area contributed by atoms with Gasteiger partial charge in [-0.2, -0.15) is 0 Å². The van der Waals surface area contributed by atoms with E-state index in [4.69, 9.17) is 5.73 Å². The Bertz CT molecular complexity index is 832. The molecule has 0 spiro atoms. The van der Waals surface area contributed by atoms with E-state index in [1.165, 1.54) is 0 Å². The van der Waals surface area contributed by atoms with Crippen molar-refractivity contribution in [3.8, 4) is 0 Å². The standard InChI is InChI=1S/C20H27N5O2/c1-13-11-25(12-13)20(27)15(21)7-5-6-10-22-19(26)18-14(2)23-16-8-3-4-9-17(16)24-18/h3-4,8-9,13,15H,5-7,10-12,21H2,1-2H3,(H,22,26)/t15-/m0/s1. The molecule has 0 aliphatic carbocycles. The predicted molar refractivity (Wildman–Crippen MR) is 104 cm³/mol. The van der Waals surface area contributed by atoms with Crippen molar-refractivity contribution < 1.29 is 9.59 Å². The van der Waals surface area contributed by atoms with Crippen molar-refractivity contribution in [2.75, 3.05) is 19.6 Å². The molecule has 0 bridgehead atoms. The monoisotopic (exact) mass is 369 g/mol. The third-order valence-electron chi connectivity index (χ3n) is 4.88. The number of benzene rings is 1. The molecule has 1 aromatic heterocycles. The van der Waals surface area contributed by atoms with Crippen molar-refractivity contribution in [2.45, 2.75) is 39.2 Å². The number of hydrogen-bond donors (Lipinski definition) is 2. The fourth-order valence-electron chi connectivity index (χ4n) is 3.32. The van der Waals surface area contributed by atoms with Gasteiger partial charge in [0.15, 0.2) is 0 Å².